The average Bonchev–Trinajstić information content (AvgIpc) is 2.46. The normalized spacial score (nSPS) is 15.4. The summed E-state index contributed by atoms with van der Waals surface area (Å²) < 4.78 is 11.4. The van der Waals surface area contributed by atoms with E-state index in [-0.39, 0.29) is 6.10 Å². The van der Waals surface area contributed by atoms with Gasteiger partial charge in [0.15, 0.2) is 0 Å². The Balaban J connectivity index is 2.61. The van der Waals surface area contributed by atoms with Crippen LogP contribution in [0.25, 0.3) is 0 Å². The van der Waals surface area contributed by atoms with E-state index < -0.39 is 5.60 Å². The van der Waals surface area contributed by atoms with Crippen molar-refractivity contribution >= 4 is 0 Å². The van der Waals surface area contributed by atoms with Crippen LogP contribution in [0.15, 0.2) is 24.3 Å². The van der Waals surface area contributed by atoms with Gasteiger partial charge in [-0.15, -0.1) is 0 Å². The summed E-state index contributed by atoms with van der Waals surface area (Å²) in [6, 6.07) is 7.44. The average molecular weight is 281 g/mol. The molecule has 3 N–H and O–H groups in total. The summed E-state index contributed by atoms with van der Waals surface area (Å²) in [6.07, 6.45) is 2.33. The summed E-state index contributed by atoms with van der Waals surface area (Å²) in [5.74, 6) is 1.44. The Hall–Kier alpha value is -1.26. The Bertz CT molecular complexity index is 397. The Kier molecular flexibility index (Phi) is 6.82. The van der Waals surface area contributed by atoms with Crippen LogP contribution in [-0.4, -0.2) is 30.0 Å². The molecule has 0 heterocycles. The number of benzene rings is 1. The molecule has 4 nitrogen and oxygen atoms in total. The Morgan fingerprint density at radius 2 is 2.00 bits per heavy atom. The first-order chi connectivity index (χ1) is 9.53. The molecule has 0 aliphatic rings. The zero-order valence-corrected chi connectivity index (χ0v) is 12.8. The third kappa shape index (κ3) is 5.39. The van der Waals surface area contributed by atoms with Crippen LogP contribution in [0.1, 0.15) is 40.0 Å². The van der Waals surface area contributed by atoms with Gasteiger partial charge in [0, 0.05) is 12.6 Å². The predicted molar refractivity (Wildman–Crippen MR) is 81.2 cm³/mol. The lowest BCUT2D eigenvalue weighted by atomic mass is 9.96. The van der Waals surface area contributed by atoms with E-state index in [9.17, 15) is 5.11 Å². The minimum absolute atomic E-state index is 0.0297. The number of nitrogens with two attached hydrogens (primary N) is 1. The highest BCUT2D eigenvalue weighted by atomic mass is 16.5. The lowest BCUT2D eigenvalue weighted by molar-refractivity contribution is -0.0159. The zero-order chi connectivity index (χ0) is 15.0. The summed E-state index contributed by atoms with van der Waals surface area (Å²) in [5.41, 5.74) is 4.78. The van der Waals surface area contributed by atoms with Crippen molar-refractivity contribution in [2.24, 2.45) is 5.73 Å². The molecule has 0 aliphatic heterocycles. The van der Waals surface area contributed by atoms with E-state index in [1.54, 1.807) is 0 Å². The fraction of sp³-hybridized carbons (Fsp3) is 0.625. The summed E-state index contributed by atoms with van der Waals surface area (Å²) >= 11 is 0. The molecule has 0 fully saturated rings. The molecule has 0 aromatic heterocycles. The maximum absolute atomic E-state index is 10.4. The minimum atomic E-state index is -0.754. The maximum Gasteiger partial charge on any atom is 0.123 e. The molecule has 0 radical (unpaired) electrons. The number of hydrogen-bond acceptors (Lipinski definition) is 4. The highest BCUT2D eigenvalue weighted by molar-refractivity contribution is 5.33. The third-order valence-electron chi connectivity index (χ3n) is 3.36. The van der Waals surface area contributed by atoms with Crippen LogP contribution in [0.5, 0.6) is 11.5 Å². The van der Waals surface area contributed by atoms with Crippen LogP contribution in [0, 0.1) is 0 Å². The molecule has 0 amide bonds. The monoisotopic (exact) mass is 281 g/mol. The van der Waals surface area contributed by atoms with Gasteiger partial charge in [0.1, 0.15) is 24.2 Å². The highest BCUT2D eigenvalue weighted by Gasteiger charge is 2.24. The van der Waals surface area contributed by atoms with Crippen molar-refractivity contribution in [3.05, 3.63) is 24.3 Å². The van der Waals surface area contributed by atoms with E-state index in [4.69, 9.17) is 15.2 Å². The molecule has 0 saturated carbocycles. The van der Waals surface area contributed by atoms with Crippen LogP contribution in [0.2, 0.25) is 0 Å². The first kappa shape index (κ1) is 16.8. The van der Waals surface area contributed by atoms with Gasteiger partial charge < -0.3 is 20.3 Å². The topological polar surface area (TPSA) is 64.7 Å². The van der Waals surface area contributed by atoms with Crippen molar-refractivity contribution in [1.29, 1.82) is 0 Å². The molecule has 0 bridgehead atoms. The van der Waals surface area contributed by atoms with E-state index in [1.165, 1.54) is 0 Å². The van der Waals surface area contributed by atoms with Crippen LogP contribution in [0.3, 0.4) is 0 Å². The molecule has 1 aromatic carbocycles. The van der Waals surface area contributed by atoms with Gasteiger partial charge in [-0.25, -0.2) is 0 Å². The fourth-order valence-electron chi connectivity index (χ4n) is 1.95. The molecule has 0 spiro atoms. The van der Waals surface area contributed by atoms with Crippen molar-refractivity contribution in [2.75, 3.05) is 13.2 Å². The Morgan fingerprint density at radius 3 is 2.60 bits per heavy atom. The van der Waals surface area contributed by atoms with Gasteiger partial charge in [-0.2, -0.15) is 0 Å². The molecule has 1 unspecified atom stereocenters. The maximum atomic E-state index is 10.4. The molecule has 0 aliphatic carbocycles. The van der Waals surface area contributed by atoms with Gasteiger partial charge in [-0.05, 0) is 31.9 Å². The standard InChI is InChI=1S/C16H27NO3/c1-4-9-16(18,5-2)12-19-14-7-6-8-15(10-14)20-13(3)11-17/h6-8,10,13,18H,4-5,9,11-12,17H2,1-3H3/t13-,16?/m0/s1. The number of hydrogen-bond donors (Lipinski definition) is 2. The molecular formula is C16H27NO3. The third-order valence-corrected chi connectivity index (χ3v) is 3.36. The molecule has 4 heteroatoms. The van der Waals surface area contributed by atoms with Gasteiger partial charge in [0.25, 0.3) is 0 Å². The Labute approximate surface area is 121 Å². The summed E-state index contributed by atoms with van der Waals surface area (Å²) in [5, 5.41) is 10.4. The molecule has 0 saturated heterocycles. The lowest BCUT2D eigenvalue weighted by Crippen LogP contribution is -2.35. The van der Waals surface area contributed by atoms with Crippen molar-refractivity contribution in [1.82, 2.24) is 0 Å². The first-order valence-corrected chi connectivity index (χ1v) is 7.35. The van der Waals surface area contributed by atoms with E-state index in [1.807, 2.05) is 38.1 Å². The van der Waals surface area contributed by atoms with E-state index >= 15 is 0 Å². The molecule has 2 atom stereocenters. The van der Waals surface area contributed by atoms with Gasteiger partial charge in [-0.3, -0.25) is 0 Å². The van der Waals surface area contributed by atoms with Crippen LogP contribution in [0.4, 0.5) is 0 Å². The molecule has 1 rings (SSSR count). The molecule has 20 heavy (non-hydrogen) atoms. The smallest absolute Gasteiger partial charge is 0.123 e. The second-order valence-electron chi connectivity index (χ2n) is 5.26. The number of rotatable bonds is 9. The molecule has 1 aromatic rings. The van der Waals surface area contributed by atoms with Crippen LogP contribution >= 0.6 is 0 Å². The van der Waals surface area contributed by atoms with Gasteiger partial charge in [0.2, 0.25) is 0 Å². The van der Waals surface area contributed by atoms with Crippen molar-refractivity contribution in [2.45, 2.75) is 51.7 Å². The fourth-order valence-corrected chi connectivity index (χ4v) is 1.95. The lowest BCUT2D eigenvalue weighted by Gasteiger charge is -2.26. The van der Waals surface area contributed by atoms with Crippen molar-refractivity contribution in [3.8, 4) is 11.5 Å². The van der Waals surface area contributed by atoms with Crippen molar-refractivity contribution in [3.63, 3.8) is 0 Å². The van der Waals surface area contributed by atoms with Gasteiger partial charge >= 0.3 is 0 Å². The summed E-state index contributed by atoms with van der Waals surface area (Å²) in [4.78, 5) is 0. The number of aliphatic hydroxyl groups is 1. The second-order valence-corrected chi connectivity index (χ2v) is 5.26. The van der Waals surface area contributed by atoms with Crippen LogP contribution < -0.4 is 15.2 Å². The second kappa shape index (κ2) is 8.12. The predicted octanol–water partition coefficient (Wildman–Crippen LogP) is 2.73. The van der Waals surface area contributed by atoms with E-state index in [0.29, 0.717) is 25.3 Å². The largest absolute Gasteiger partial charge is 0.490 e. The SMILES string of the molecule is CCCC(O)(CC)COc1cccc(O[C@@H](C)CN)c1. The van der Waals surface area contributed by atoms with Gasteiger partial charge in [0.05, 0.1) is 5.60 Å². The zero-order valence-electron chi connectivity index (χ0n) is 12.8. The molecule has 114 valence electrons. The Morgan fingerprint density at radius 1 is 1.30 bits per heavy atom. The first-order valence-electron chi connectivity index (χ1n) is 7.35. The minimum Gasteiger partial charge on any atom is -0.490 e. The highest BCUT2D eigenvalue weighted by Crippen LogP contribution is 2.23. The van der Waals surface area contributed by atoms with Gasteiger partial charge in [-0.1, -0.05) is 26.3 Å². The van der Waals surface area contributed by atoms with E-state index in [0.717, 1.165) is 18.6 Å². The van der Waals surface area contributed by atoms with E-state index in [2.05, 4.69) is 6.92 Å². The number of ether oxygens (including phenoxy) is 2. The van der Waals surface area contributed by atoms with Crippen LogP contribution in [-0.2, 0) is 0 Å². The van der Waals surface area contributed by atoms with Crippen molar-refractivity contribution < 1.29 is 14.6 Å². The quantitative estimate of drug-likeness (QED) is 0.730. The summed E-state index contributed by atoms with van der Waals surface area (Å²) in [6.45, 7) is 6.72. The molecular weight excluding hydrogens is 254 g/mol. The summed E-state index contributed by atoms with van der Waals surface area (Å²) in [7, 11) is 0.